The van der Waals surface area contributed by atoms with Crippen LogP contribution < -0.4 is 10.0 Å². The third-order valence-electron chi connectivity index (χ3n) is 4.46. The maximum Gasteiger partial charge on any atom is 0.255 e. The number of aryl methyl sites for hydroxylation is 1. The number of amides is 1. The van der Waals surface area contributed by atoms with E-state index in [-0.39, 0.29) is 16.8 Å². The van der Waals surface area contributed by atoms with Gasteiger partial charge >= 0.3 is 0 Å². The van der Waals surface area contributed by atoms with Crippen LogP contribution in [0.3, 0.4) is 0 Å². The van der Waals surface area contributed by atoms with E-state index < -0.39 is 10.0 Å². The topological polar surface area (TPSA) is 75.3 Å². The van der Waals surface area contributed by atoms with E-state index in [1.165, 1.54) is 29.7 Å². The number of sulfonamides is 1. The Balaban J connectivity index is 1.77. The molecule has 2 aromatic carbocycles. The van der Waals surface area contributed by atoms with Crippen LogP contribution in [-0.4, -0.2) is 20.4 Å². The number of rotatable bonds is 5. The molecule has 1 aliphatic carbocycles. The molecule has 2 N–H and O–H groups in total. The number of fused-ring (bicyclic) bond motifs is 1. The van der Waals surface area contributed by atoms with E-state index in [4.69, 9.17) is 0 Å². The number of nitrogens with one attached hydrogen (secondary N) is 2. The summed E-state index contributed by atoms with van der Waals surface area (Å²) in [6, 6.07) is 11.8. The summed E-state index contributed by atoms with van der Waals surface area (Å²) in [5, 5.41) is 2.97. The molecule has 26 heavy (non-hydrogen) atoms. The van der Waals surface area contributed by atoms with Crippen molar-refractivity contribution in [2.24, 2.45) is 0 Å². The molecule has 0 spiro atoms. The van der Waals surface area contributed by atoms with E-state index in [0.29, 0.717) is 5.56 Å². The second-order valence-corrected chi connectivity index (χ2v) is 8.62. The molecule has 0 aliphatic heterocycles. The number of hydrogen-bond donors (Lipinski definition) is 2. The highest BCUT2D eigenvalue weighted by Crippen LogP contribution is 2.28. The molecule has 0 saturated carbocycles. The molecule has 0 fully saturated rings. The van der Waals surface area contributed by atoms with Crippen molar-refractivity contribution in [3.63, 3.8) is 0 Å². The molecule has 2 aromatic rings. The Kier molecular flexibility index (Phi) is 5.44. The molecular formula is C20H24N2O3S. The van der Waals surface area contributed by atoms with E-state index >= 15 is 0 Å². The van der Waals surface area contributed by atoms with Crippen LogP contribution in [0.1, 0.15) is 48.2 Å². The van der Waals surface area contributed by atoms with Gasteiger partial charge in [0.1, 0.15) is 0 Å². The van der Waals surface area contributed by atoms with Gasteiger partial charge in [-0.2, -0.15) is 0 Å². The first kappa shape index (κ1) is 18.6. The van der Waals surface area contributed by atoms with Crippen LogP contribution in [0.15, 0.2) is 47.4 Å². The van der Waals surface area contributed by atoms with Crippen molar-refractivity contribution in [2.75, 3.05) is 5.32 Å². The molecule has 1 aliphatic rings. The maximum absolute atomic E-state index is 12.6. The van der Waals surface area contributed by atoms with Crippen molar-refractivity contribution in [1.29, 1.82) is 0 Å². The van der Waals surface area contributed by atoms with Crippen LogP contribution >= 0.6 is 0 Å². The van der Waals surface area contributed by atoms with E-state index in [9.17, 15) is 13.2 Å². The molecule has 5 nitrogen and oxygen atoms in total. The lowest BCUT2D eigenvalue weighted by Crippen LogP contribution is -2.30. The van der Waals surface area contributed by atoms with E-state index in [1.54, 1.807) is 26.0 Å². The summed E-state index contributed by atoms with van der Waals surface area (Å²) in [4.78, 5) is 12.7. The molecule has 0 radical (unpaired) electrons. The summed E-state index contributed by atoms with van der Waals surface area (Å²) >= 11 is 0. The van der Waals surface area contributed by atoms with Crippen molar-refractivity contribution < 1.29 is 13.2 Å². The quantitative estimate of drug-likeness (QED) is 0.843. The summed E-state index contributed by atoms with van der Waals surface area (Å²) in [7, 11) is -3.55. The van der Waals surface area contributed by atoms with E-state index in [0.717, 1.165) is 24.9 Å². The van der Waals surface area contributed by atoms with Gasteiger partial charge in [-0.25, -0.2) is 13.1 Å². The fourth-order valence-electron chi connectivity index (χ4n) is 3.26. The van der Waals surface area contributed by atoms with Gasteiger partial charge in [0.05, 0.1) is 4.90 Å². The fourth-order valence-corrected chi connectivity index (χ4v) is 4.51. The van der Waals surface area contributed by atoms with Crippen LogP contribution in [0.2, 0.25) is 0 Å². The van der Waals surface area contributed by atoms with Gasteiger partial charge in [-0.05, 0) is 81.0 Å². The minimum Gasteiger partial charge on any atom is -0.322 e. The average Bonchev–Trinajstić information content (AvgIpc) is 2.61. The van der Waals surface area contributed by atoms with Gasteiger partial charge in [-0.3, -0.25) is 4.79 Å². The average molecular weight is 372 g/mol. The number of carbonyl (C=O) groups excluding carboxylic acids is 1. The van der Waals surface area contributed by atoms with Gasteiger partial charge in [0.15, 0.2) is 0 Å². The Hall–Kier alpha value is -2.18. The normalized spacial score (nSPS) is 14.1. The van der Waals surface area contributed by atoms with Crippen LogP contribution in [0.4, 0.5) is 5.69 Å². The van der Waals surface area contributed by atoms with Crippen molar-refractivity contribution in [3.05, 3.63) is 59.2 Å². The highest BCUT2D eigenvalue weighted by molar-refractivity contribution is 7.89. The summed E-state index contributed by atoms with van der Waals surface area (Å²) < 4.78 is 26.9. The molecule has 0 aromatic heterocycles. The molecule has 0 atom stereocenters. The van der Waals surface area contributed by atoms with Gasteiger partial charge < -0.3 is 5.32 Å². The molecular weight excluding hydrogens is 348 g/mol. The van der Waals surface area contributed by atoms with Crippen LogP contribution in [0.25, 0.3) is 0 Å². The van der Waals surface area contributed by atoms with Crippen molar-refractivity contribution in [1.82, 2.24) is 4.72 Å². The SMILES string of the molecule is CC(C)NS(=O)(=O)c1ccc(C(=O)Nc2cccc3c2CCCC3)cc1. The Morgan fingerprint density at radius 3 is 2.38 bits per heavy atom. The third-order valence-corrected chi connectivity index (χ3v) is 6.14. The molecule has 6 heteroatoms. The number of benzene rings is 2. The molecule has 0 unspecified atom stereocenters. The van der Waals surface area contributed by atoms with Crippen molar-refractivity contribution >= 4 is 21.6 Å². The summed E-state index contributed by atoms with van der Waals surface area (Å²) in [6.45, 7) is 3.53. The van der Waals surface area contributed by atoms with Gasteiger partial charge in [0.2, 0.25) is 10.0 Å². The van der Waals surface area contributed by atoms with Crippen LogP contribution in [0, 0.1) is 0 Å². The van der Waals surface area contributed by atoms with Gasteiger partial charge in [-0.15, -0.1) is 0 Å². The lowest BCUT2D eigenvalue weighted by molar-refractivity contribution is 0.102. The highest BCUT2D eigenvalue weighted by atomic mass is 32.2. The lowest BCUT2D eigenvalue weighted by Gasteiger charge is -2.19. The fraction of sp³-hybridized carbons (Fsp3) is 0.350. The smallest absolute Gasteiger partial charge is 0.255 e. The Morgan fingerprint density at radius 2 is 1.69 bits per heavy atom. The molecule has 3 rings (SSSR count). The minimum atomic E-state index is -3.55. The number of anilines is 1. The van der Waals surface area contributed by atoms with E-state index in [2.05, 4.69) is 16.1 Å². The standard InChI is InChI=1S/C20H24N2O3S/c1-14(2)22-26(24,25)17-12-10-16(11-13-17)20(23)21-19-9-5-7-15-6-3-4-8-18(15)19/h5,7,9-14,22H,3-4,6,8H2,1-2H3,(H,21,23). The summed E-state index contributed by atoms with van der Waals surface area (Å²) in [5.74, 6) is -0.232. The molecule has 0 heterocycles. The Labute approximate surface area is 154 Å². The summed E-state index contributed by atoms with van der Waals surface area (Å²) in [5.41, 5.74) is 3.80. The zero-order valence-electron chi connectivity index (χ0n) is 15.1. The third kappa shape index (κ3) is 4.14. The predicted molar refractivity (Wildman–Crippen MR) is 103 cm³/mol. The predicted octanol–water partition coefficient (Wildman–Crippen LogP) is 3.50. The van der Waals surface area contributed by atoms with Crippen LogP contribution in [0.5, 0.6) is 0 Å². The maximum atomic E-state index is 12.6. The Morgan fingerprint density at radius 1 is 1.00 bits per heavy atom. The largest absolute Gasteiger partial charge is 0.322 e. The van der Waals surface area contributed by atoms with Crippen molar-refractivity contribution in [2.45, 2.75) is 50.5 Å². The number of carbonyl (C=O) groups is 1. The lowest BCUT2D eigenvalue weighted by atomic mass is 9.90. The van der Waals surface area contributed by atoms with Gasteiger partial charge in [0.25, 0.3) is 5.91 Å². The van der Waals surface area contributed by atoms with Gasteiger partial charge in [-0.1, -0.05) is 12.1 Å². The zero-order chi connectivity index (χ0) is 18.7. The number of hydrogen-bond acceptors (Lipinski definition) is 3. The minimum absolute atomic E-state index is 0.153. The monoisotopic (exact) mass is 372 g/mol. The second kappa shape index (κ2) is 7.60. The van der Waals surface area contributed by atoms with Crippen molar-refractivity contribution in [3.8, 4) is 0 Å². The molecule has 0 saturated heterocycles. The molecule has 1 amide bonds. The first-order valence-electron chi connectivity index (χ1n) is 8.91. The van der Waals surface area contributed by atoms with Gasteiger partial charge in [0, 0.05) is 17.3 Å². The first-order valence-corrected chi connectivity index (χ1v) is 10.4. The molecule has 0 bridgehead atoms. The first-order chi connectivity index (χ1) is 12.4. The second-order valence-electron chi connectivity index (χ2n) is 6.90. The Bertz CT molecular complexity index is 903. The highest BCUT2D eigenvalue weighted by Gasteiger charge is 2.17. The van der Waals surface area contributed by atoms with Crippen LogP contribution in [-0.2, 0) is 22.9 Å². The summed E-state index contributed by atoms with van der Waals surface area (Å²) in [6.07, 6.45) is 4.35. The molecule has 138 valence electrons. The zero-order valence-corrected chi connectivity index (χ0v) is 15.9. The van der Waals surface area contributed by atoms with E-state index in [1.807, 2.05) is 12.1 Å².